The highest BCUT2D eigenvalue weighted by Gasteiger charge is 2.14. The predicted molar refractivity (Wildman–Crippen MR) is 72.1 cm³/mol. The van der Waals surface area contributed by atoms with E-state index in [2.05, 4.69) is 6.92 Å². The van der Waals surface area contributed by atoms with Crippen molar-refractivity contribution in [2.45, 2.75) is 45.4 Å². The van der Waals surface area contributed by atoms with Crippen molar-refractivity contribution in [3.8, 4) is 5.75 Å². The SMILES string of the molecule is CCCCOc1cccc([C@H](CC)CC(=O)O)c1. The third kappa shape index (κ3) is 4.78. The zero-order valence-corrected chi connectivity index (χ0v) is 11.2. The van der Waals surface area contributed by atoms with Gasteiger partial charge in [-0.15, -0.1) is 0 Å². The molecule has 0 unspecified atom stereocenters. The molecule has 1 N–H and O–H groups in total. The zero-order valence-electron chi connectivity index (χ0n) is 11.2. The van der Waals surface area contributed by atoms with Gasteiger partial charge in [0.15, 0.2) is 0 Å². The van der Waals surface area contributed by atoms with Gasteiger partial charge in [-0.2, -0.15) is 0 Å². The Hall–Kier alpha value is -1.51. The normalized spacial score (nSPS) is 12.1. The molecule has 0 aliphatic carbocycles. The highest BCUT2D eigenvalue weighted by molar-refractivity contribution is 5.68. The molecule has 3 heteroatoms. The number of carbonyl (C=O) groups is 1. The van der Waals surface area contributed by atoms with Gasteiger partial charge in [0.25, 0.3) is 0 Å². The molecule has 0 fully saturated rings. The molecule has 100 valence electrons. The van der Waals surface area contributed by atoms with E-state index in [9.17, 15) is 4.79 Å². The van der Waals surface area contributed by atoms with E-state index in [0.29, 0.717) is 0 Å². The van der Waals surface area contributed by atoms with Crippen LogP contribution in [0.15, 0.2) is 24.3 Å². The number of hydrogen-bond donors (Lipinski definition) is 1. The lowest BCUT2D eigenvalue weighted by molar-refractivity contribution is -0.137. The molecular weight excluding hydrogens is 228 g/mol. The van der Waals surface area contributed by atoms with Gasteiger partial charge in [-0.1, -0.05) is 32.4 Å². The summed E-state index contributed by atoms with van der Waals surface area (Å²) in [6.45, 7) is 4.85. The van der Waals surface area contributed by atoms with Crippen LogP contribution in [0.3, 0.4) is 0 Å². The second kappa shape index (κ2) is 7.75. The van der Waals surface area contributed by atoms with Crippen LogP contribution in [0.1, 0.15) is 51.0 Å². The van der Waals surface area contributed by atoms with Crippen molar-refractivity contribution in [2.75, 3.05) is 6.61 Å². The molecule has 1 rings (SSSR count). The van der Waals surface area contributed by atoms with Crippen LogP contribution < -0.4 is 4.74 Å². The van der Waals surface area contributed by atoms with Gasteiger partial charge in [-0.25, -0.2) is 0 Å². The van der Waals surface area contributed by atoms with E-state index in [0.717, 1.165) is 37.2 Å². The summed E-state index contributed by atoms with van der Waals surface area (Å²) in [7, 11) is 0. The molecule has 1 aromatic rings. The lowest BCUT2D eigenvalue weighted by atomic mass is 9.93. The maximum atomic E-state index is 10.8. The first-order valence-corrected chi connectivity index (χ1v) is 6.61. The van der Waals surface area contributed by atoms with Crippen LogP contribution in [0.2, 0.25) is 0 Å². The molecule has 0 aliphatic rings. The molecule has 0 radical (unpaired) electrons. The monoisotopic (exact) mass is 250 g/mol. The van der Waals surface area contributed by atoms with Gasteiger partial charge in [-0.3, -0.25) is 4.79 Å². The Morgan fingerprint density at radius 1 is 1.39 bits per heavy atom. The maximum absolute atomic E-state index is 10.8. The van der Waals surface area contributed by atoms with Crippen LogP contribution in [0.4, 0.5) is 0 Å². The molecule has 0 amide bonds. The standard InChI is InChI=1S/C15H22O3/c1-3-5-9-18-14-8-6-7-13(10-14)12(4-2)11-15(16)17/h6-8,10,12H,3-5,9,11H2,1-2H3,(H,16,17)/t12-/m1/s1. The molecule has 0 saturated heterocycles. The lowest BCUT2D eigenvalue weighted by Crippen LogP contribution is -2.06. The molecule has 18 heavy (non-hydrogen) atoms. The fourth-order valence-electron chi connectivity index (χ4n) is 1.90. The van der Waals surface area contributed by atoms with Crippen LogP contribution in [-0.4, -0.2) is 17.7 Å². The minimum Gasteiger partial charge on any atom is -0.494 e. The van der Waals surface area contributed by atoms with E-state index in [1.54, 1.807) is 0 Å². The Balaban J connectivity index is 2.69. The molecule has 1 aromatic carbocycles. The van der Waals surface area contributed by atoms with Crippen LogP contribution in [0.5, 0.6) is 5.75 Å². The van der Waals surface area contributed by atoms with Crippen LogP contribution in [0, 0.1) is 0 Å². The lowest BCUT2D eigenvalue weighted by Gasteiger charge is -2.14. The van der Waals surface area contributed by atoms with Gasteiger partial charge in [-0.05, 0) is 36.5 Å². The summed E-state index contributed by atoms with van der Waals surface area (Å²) in [4.78, 5) is 10.8. The van der Waals surface area contributed by atoms with E-state index in [-0.39, 0.29) is 12.3 Å². The Bertz CT molecular complexity index is 374. The number of aliphatic carboxylic acids is 1. The molecule has 1 atom stereocenters. The van der Waals surface area contributed by atoms with Gasteiger partial charge in [0, 0.05) is 0 Å². The third-order valence-electron chi connectivity index (χ3n) is 3.01. The average Bonchev–Trinajstić information content (AvgIpc) is 2.36. The molecule has 0 spiro atoms. The van der Waals surface area contributed by atoms with Crippen LogP contribution in [0.25, 0.3) is 0 Å². The number of benzene rings is 1. The number of unbranched alkanes of at least 4 members (excludes halogenated alkanes) is 1. The van der Waals surface area contributed by atoms with E-state index >= 15 is 0 Å². The van der Waals surface area contributed by atoms with Crippen molar-refractivity contribution in [3.05, 3.63) is 29.8 Å². The van der Waals surface area contributed by atoms with Crippen molar-refractivity contribution in [2.24, 2.45) is 0 Å². The first-order chi connectivity index (χ1) is 8.67. The Kier molecular flexibility index (Phi) is 6.26. The molecular formula is C15H22O3. The molecule has 0 heterocycles. The van der Waals surface area contributed by atoms with E-state index < -0.39 is 5.97 Å². The summed E-state index contributed by atoms with van der Waals surface area (Å²) in [5.41, 5.74) is 1.05. The van der Waals surface area contributed by atoms with E-state index in [1.165, 1.54) is 0 Å². The Morgan fingerprint density at radius 3 is 2.78 bits per heavy atom. The fraction of sp³-hybridized carbons (Fsp3) is 0.533. The second-order valence-corrected chi connectivity index (χ2v) is 4.48. The quantitative estimate of drug-likeness (QED) is 0.713. The van der Waals surface area contributed by atoms with Gasteiger partial charge >= 0.3 is 5.97 Å². The topological polar surface area (TPSA) is 46.5 Å². The summed E-state index contributed by atoms with van der Waals surface area (Å²) in [5, 5.41) is 8.89. The van der Waals surface area contributed by atoms with Gasteiger partial charge in [0.2, 0.25) is 0 Å². The number of carboxylic acid groups (broad SMARTS) is 1. The minimum atomic E-state index is -0.751. The van der Waals surface area contributed by atoms with E-state index in [1.807, 2.05) is 31.2 Å². The first-order valence-electron chi connectivity index (χ1n) is 6.61. The molecule has 0 saturated carbocycles. The highest BCUT2D eigenvalue weighted by Crippen LogP contribution is 2.26. The predicted octanol–water partition coefficient (Wildman–Crippen LogP) is 3.83. The first kappa shape index (κ1) is 14.6. The minimum absolute atomic E-state index is 0.0669. The zero-order chi connectivity index (χ0) is 13.4. The fourth-order valence-corrected chi connectivity index (χ4v) is 1.90. The van der Waals surface area contributed by atoms with Gasteiger partial charge in [0.05, 0.1) is 13.0 Å². The third-order valence-corrected chi connectivity index (χ3v) is 3.01. The smallest absolute Gasteiger partial charge is 0.303 e. The summed E-state index contributed by atoms with van der Waals surface area (Å²) < 4.78 is 5.64. The van der Waals surface area contributed by atoms with Gasteiger partial charge < -0.3 is 9.84 Å². The van der Waals surface area contributed by atoms with Crippen molar-refractivity contribution in [3.63, 3.8) is 0 Å². The van der Waals surface area contributed by atoms with Crippen molar-refractivity contribution >= 4 is 5.97 Å². The Labute approximate surface area is 109 Å². The average molecular weight is 250 g/mol. The van der Waals surface area contributed by atoms with Gasteiger partial charge in [0.1, 0.15) is 5.75 Å². The summed E-state index contributed by atoms with van der Waals surface area (Å²) in [6, 6.07) is 7.80. The van der Waals surface area contributed by atoms with Crippen molar-refractivity contribution in [1.29, 1.82) is 0 Å². The van der Waals surface area contributed by atoms with E-state index in [4.69, 9.17) is 9.84 Å². The number of carboxylic acids is 1. The number of ether oxygens (including phenoxy) is 1. The summed E-state index contributed by atoms with van der Waals surface area (Å²) >= 11 is 0. The summed E-state index contributed by atoms with van der Waals surface area (Å²) in [5.74, 6) is 0.154. The highest BCUT2D eigenvalue weighted by atomic mass is 16.5. The number of rotatable bonds is 8. The Morgan fingerprint density at radius 2 is 2.17 bits per heavy atom. The van der Waals surface area contributed by atoms with Crippen molar-refractivity contribution < 1.29 is 14.6 Å². The molecule has 0 aromatic heterocycles. The molecule has 0 aliphatic heterocycles. The summed E-state index contributed by atoms with van der Waals surface area (Å²) in [6.07, 6.45) is 3.15. The maximum Gasteiger partial charge on any atom is 0.303 e. The molecule has 3 nitrogen and oxygen atoms in total. The largest absolute Gasteiger partial charge is 0.494 e. The van der Waals surface area contributed by atoms with Crippen molar-refractivity contribution in [1.82, 2.24) is 0 Å². The second-order valence-electron chi connectivity index (χ2n) is 4.48. The number of hydrogen-bond acceptors (Lipinski definition) is 2. The van der Waals surface area contributed by atoms with Crippen LogP contribution in [-0.2, 0) is 4.79 Å². The van der Waals surface area contributed by atoms with Crippen LogP contribution >= 0.6 is 0 Å². The molecule has 0 bridgehead atoms.